The molecule has 4 nitrogen and oxygen atoms in total. The molecule has 0 radical (unpaired) electrons. The van der Waals surface area contributed by atoms with Crippen LogP contribution in [0.1, 0.15) is 25.8 Å². The number of carbonyl (C=O) groups is 1. The Hall–Kier alpha value is -1.55. The number of rotatable bonds is 8. The maximum atomic E-state index is 10.6. The molecule has 1 amide bonds. The average Bonchev–Trinajstić information content (AvgIpc) is 2.35. The van der Waals surface area contributed by atoms with Crippen LogP contribution in [-0.2, 0) is 11.2 Å². The van der Waals surface area contributed by atoms with Crippen LogP contribution in [0.5, 0.6) is 5.75 Å². The van der Waals surface area contributed by atoms with E-state index in [0.29, 0.717) is 11.8 Å². The largest absolute Gasteiger partial charge is 0.484 e. The first-order chi connectivity index (χ1) is 8.61. The molecule has 1 aromatic rings. The van der Waals surface area contributed by atoms with Gasteiger partial charge in [-0.1, -0.05) is 19.1 Å². The lowest BCUT2D eigenvalue weighted by Gasteiger charge is -2.13. The van der Waals surface area contributed by atoms with E-state index < -0.39 is 5.91 Å². The minimum atomic E-state index is -0.462. The van der Waals surface area contributed by atoms with Crippen LogP contribution in [0.3, 0.4) is 0 Å². The first-order valence-electron chi connectivity index (χ1n) is 6.35. The summed E-state index contributed by atoms with van der Waals surface area (Å²) in [6, 6.07) is 8.22. The number of amides is 1. The lowest BCUT2D eigenvalue weighted by molar-refractivity contribution is -0.119. The van der Waals surface area contributed by atoms with E-state index >= 15 is 0 Å². The smallest absolute Gasteiger partial charge is 0.255 e. The standard InChI is InChI=1S/C14H22N2O2/c1-3-8-16-11(2)9-12-4-6-13(7-5-12)18-10-14(15)17/h4-7,11,16H,3,8-10H2,1-2H3,(H2,15,17). The first-order valence-corrected chi connectivity index (χ1v) is 6.35. The number of nitrogens with one attached hydrogen (secondary N) is 1. The third-order valence-corrected chi connectivity index (χ3v) is 2.59. The van der Waals surface area contributed by atoms with Gasteiger partial charge in [0.25, 0.3) is 5.91 Å². The van der Waals surface area contributed by atoms with Crippen LogP contribution in [0.15, 0.2) is 24.3 Å². The summed E-state index contributed by atoms with van der Waals surface area (Å²) in [6.45, 7) is 5.30. The van der Waals surface area contributed by atoms with Crippen molar-refractivity contribution in [3.8, 4) is 5.75 Å². The zero-order valence-corrected chi connectivity index (χ0v) is 11.1. The maximum absolute atomic E-state index is 10.6. The molecule has 0 aliphatic rings. The van der Waals surface area contributed by atoms with E-state index in [-0.39, 0.29) is 6.61 Å². The highest BCUT2D eigenvalue weighted by Gasteiger charge is 2.03. The van der Waals surface area contributed by atoms with Crippen molar-refractivity contribution in [1.29, 1.82) is 0 Å². The molecule has 0 aliphatic heterocycles. The van der Waals surface area contributed by atoms with E-state index in [9.17, 15) is 4.79 Å². The van der Waals surface area contributed by atoms with E-state index in [1.165, 1.54) is 5.56 Å². The van der Waals surface area contributed by atoms with Gasteiger partial charge in [-0.15, -0.1) is 0 Å². The molecule has 100 valence electrons. The van der Waals surface area contributed by atoms with E-state index in [1.54, 1.807) is 0 Å². The van der Waals surface area contributed by atoms with Crippen molar-refractivity contribution in [2.75, 3.05) is 13.2 Å². The number of carbonyl (C=O) groups excluding carboxylic acids is 1. The van der Waals surface area contributed by atoms with Gasteiger partial charge in [-0.2, -0.15) is 0 Å². The van der Waals surface area contributed by atoms with Crippen LogP contribution in [-0.4, -0.2) is 25.1 Å². The molecule has 1 aromatic carbocycles. The summed E-state index contributed by atoms with van der Waals surface area (Å²) in [5.41, 5.74) is 6.26. The number of nitrogens with two attached hydrogens (primary N) is 1. The van der Waals surface area contributed by atoms with Crippen molar-refractivity contribution in [2.45, 2.75) is 32.7 Å². The molecule has 0 saturated carbocycles. The van der Waals surface area contributed by atoms with Crippen LogP contribution in [0.25, 0.3) is 0 Å². The summed E-state index contributed by atoms with van der Waals surface area (Å²) in [4.78, 5) is 10.6. The number of benzene rings is 1. The highest BCUT2D eigenvalue weighted by Crippen LogP contribution is 2.13. The van der Waals surface area contributed by atoms with Gasteiger partial charge in [-0.25, -0.2) is 0 Å². The number of hydrogen-bond acceptors (Lipinski definition) is 3. The summed E-state index contributed by atoms with van der Waals surface area (Å²) in [5, 5.41) is 3.44. The highest BCUT2D eigenvalue weighted by atomic mass is 16.5. The number of ether oxygens (including phenoxy) is 1. The fourth-order valence-corrected chi connectivity index (χ4v) is 1.69. The molecule has 1 atom stereocenters. The molecule has 4 heteroatoms. The zero-order valence-electron chi connectivity index (χ0n) is 11.1. The first kappa shape index (κ1) is 14.5. The van der Waals surface area contributed by atoms with Gasteiger partial charge < -0.3 is 15.8 Å². The van der Waals surface area contributed by atoms with Gasteiger partial charge in [0, 0.05) is 6.04 Å². The molecular formula is C14H22N2O2. The summed E-state index contributed by atoms with van der Waals surface area (Å²) in [7, 11) is 0. The Morgan fingerprint density at radius 1 is 1.39 bits per heavy atom. The topological polar surface area (TPSA) is 64.3 Å². The Morgan fingerprint density at radius 2 is 2.06 bits per heavy atom. The lowest BCUT2D eigenvalue weighted by atomic mass is 10.1. The van der Waals surface area contributed by atoms with Gasteiger partial charge in [0.15, 0.2) is 6.61 Å². The minimum Gasteiger partial charge on any atom is -0.484 e. The van der Waals surface area contributed by atoms with Crippen molar-refractivity contribution >= 4 is 5.91 Å². The van der Waals surface area contributed by atoms with Gasteiger partial charge in [-0.05, 0) is 44.0 Å². The SMILES string of the molecule is CCCNC(C)Cc1ccc(OCC(N)=O)cc1. The molecule has 0 spiro atoms. The third kappa shape index (κ3) is 5.68. The third-order valence-electron chi connectivity index (χ3n) is 2.59. The summed E-state index contributed by atoms with van der Waals surface area (Å²) >= 11 is 0. The summed E-state index contributed by atoms with van der Waals surface area (Å²) in [6.07, 6.45) is 2.13. The van der Waals surface area contributed by atoms with Crippen LogP contribution < -0.4 is 15.8 Å². The fraction of sp³-hybridized carbons (Fsp3) is 0.500. The van der Waals surface area contributed by atoms with Gasteiger partial charge in [0.05, 0.1) is 0 Å². The van der Waals surface area contributed by atoms with Gasteiger partial charge in [-0.3, -0.25) is 4.79 Å². The normalized spacial score (nSPS) is 12.1. The Balaban J connectivity index is 2.42. The van der Waals surface area contributed by atoms with Crippen molar-refractivity contribution < 1.29 is 9.53 Å². The predicted molar refractivity (Wildman–Crippen MR) is 72.6 cm³/mol. The van der Waals surface area contributed by atoms with Crippen molar-refractivity contribution in [1.82, 2.24) is 5.32 Å². The zero-order chi connectivity index (χ0) is 13.4. The Morgan fingerprint density at radius 3 is 2.61 bits per heavy atom. The van der Waals surface area contributed by atoms with Gasteiger partial charge in [0.2, 0.25) is 0 Å². The second-order valence-corrected chi connectivity index (χ2v) is 4.46. The van der Waals surface area contributed by atoms with E-state index in [2.05, 4.69) is 19.2 Å². The van der Waals surface area contributed by atoms with Crippen molar-refractivity contribution in [3.63, 3.8) is 0 Å². The average molecular weight is 250 g/mol. The molecular weight excluding hydrogens is 228 g/mol. The molecule has 18 heavy (non-hydrogen) atoms. The van der Waals surface area contributed by atoms with Crippen molar-refractivity contribution in [2.24, 2.45) is 5.73 Å². The summed E-state index contributed by atoms with van der Waals surface area (Å²) in [5.74, 6) is 0.211. The van der Waals surface area contributed by atoms with Crippen LogP contribution in [0, 0.1) is 0 Å². The Bertz CT molecular complexity index is 363. The Labute approximate surface area is 109 Å². The van der Waals surface area contributed by atoms with E-state index in [0.717, 1.165) is 19.4 Å². The predicted octanol–water partition coefficient (Wildman–Crippen LogP) is 1.48. The maximum Gasteiger partial charge on any atom is 0.255 e. The summed E-state index contributed by atoms with van der Waals surface area (Å²) < 4.78 is 5.20. The fourth-order valence-electron chi connectivity index (χ4n) is 1.69. The molecule has 0 aromatic heterocycles. The monoisotopic (exact) mass is 250 g/mol. The molecule has 0 heterocycles. The quantitative estimate of drug-likeness (QED) is 0.734. The van der Waals surface area contributed by atoms with Crippen LogP contribution in [0.2, 0.25) is 0 Å². The highest BCUT2D eigenvalue weighted by molar-refractivity contribution is 5.75. The van der Waals surface area contributed by atoms with Crippen LogP contribution >= 0.6 is 0 Å². The molecule has 0 bridgehead atoms. The molecule has 0 saturated heterocycles. The minimum absolute atomic E-state index is 0.0756. The number of hydrogen-bond donors (Lipinski definition) is 2. The van der Waals surface area contributed by atoms with E-state index in [1.807, 2.05) is 24.3 Å². The molecule has 0 aliphatic carbocycles. The molecule has 0 fully saturated rings. The lowest BCUT2D eigenvalue weighted by Crippen LogP contribution is -2.28. The van der Waals surface area contributed by atoms with E-state index in [4.69, 9.17) is 10.5 Å². The number of primary amides is 1. The molecule has 3 N–H and O–H groups in total. The molecule has 1 unspecified atom stereocenters. The van der Waals surface area contributed by atoms with Crippen molar-refractivity contribution in [3.05, 3.63) is 29.8 Å². The Kier molecular flexibility index (Phi) is 6.22. The van der Waals surface area contributed by atoms with Gasteiger partial charge >= 0.3 is 0 Å². The van der Waals surface area contributed by atoms with Crippen LogP contribution in [0.4, 0.5) is 0 Å². The van der Waals surface area contributed by atoms with Gasteiger partial charge in [0.1, 0.15) is 5.75 Å². The second kappa shape index (κ2) is 7.71. The molecule has 1 rings (SSSR count). The second-order valence-electron chi connectivity index (χ2n) is 4.46.